The van der Waals surface area contributed by atoms with Gasteiger partial charge in [-0.3, -0.25) is 0 Å². The Morgan fingerprint density at radius 2 is 1.89 bits per heavy atom. The molecule has 1 aromatic carbocycles. The second-order valence-electron chi connectivity index (χ2n) is 5.39. The summed E-state index contributed by atoms with van der Waals surface area (Å²) < 4.78 is 5.18. The van der Waals surface area contributed by atoms with Crippen LogP contribution in [0.5, 0.6) is 5.75 Å². The molecule has 1 aromatic rings. The maximum atomic E-state index is 5.18. The lowest BCUT2D eigenvalue weighted by Gasteiger charge is -2.16. The Morgan fingerprint density at radius 3 is 2.50 bits per heavy atom. The molecule has 1 fully saturated rings. The van der Waals surface area contributed by atoms with Gasteiger partial charge < -0.3 is 10.1 Å². The zero-order chi connectivity index (χ0) is 12.8. The van der Waals surface area contributed by atoms with Crippen molar-refractivity contribution in [2.75, 3.05) is 13.7 Å². The first kappa shape index (κ1) is 13.4. The molecule has 1 saturated carbocycles. The minimum absolute atomic E-state index is 0.428. The highest BCUT2D eigenvalue weighted by molar-refractivity contribution is 5.28. The molecule has 0 aliphatic heterocycles. The SMILES string of the molecule is COc1ccc(C(C)NCCC2CCCC2)cc1. The molecule has 0 aromatic heterocycles. The van der Waals surface area contributed by atoms with Gasteiger partial charge in [0.1, 0.15) is 5.75 Å². The quantitative estimate of drug-likeness (QED) is 0.822. The van der Waals surface area contributed by atoms with Crippen LogP contribution in [0.25, 0.3) is 0 Å². The predicted molar refractivity (Wildman–Crippen MR) is 76.0 cm³/mol. The number of hydrogen-bond donors (Lipinski definition) is 1. The second-order valence-corrected chi connectivity index (χ2v) is 5.39. The van der Waals surface area contributed by atoms with E-state index in [-0.39, 0.29) is 0 Å². The molecule has 1 unspecified atom stereocenters. The van der Waals surface area contributed by atoms with Crippen LogP contribution in [0, 0.1) is 5.92 Å². The Bertz CT molecular complexity index is 341. The van der Waals surface area contributed by atoms with Crippen LogP contribution >= 0.6 is 0 Å². The van der Waals surface area contributed by atoms with Crippen molar-refractivity contribution in [3.63, 3.8) is 0 Å². The van der Waals surface area contributed by atoms with E-state index in [0.717, 1.165) is 18.2 Å². The summed E-state index contributed by atoms with van der Waals surface area (Å²) in [6.45, 7) is 3.37. The number of nitrogens with one attached hydrogen (secondary N) is 1. The molecule has 2 nitrogen and oxygen atoms in total. The smallest absolute Gasteiger partial charge is 0.118 e. The van der Waals surface area contributed by atoms with Crippen LogP contribution in [-0.2, 0) is 0 Å². The summed E-state index contributed by atoms with van der Waals surface area (Å²) in [5.74, 6) is 1.90. The van der Waals surface area contributed by atoms with E-state index in [2.05, 4.69) is 24.4 Å². The van der Waals surface area contributed by atoms with Crippen LogP contribution in [0.4, 0.5) is 0 Å². The van der Waals surface area contributed by atoms with Crippen molar-refractivity contribution in [2.24, 2.45) is 5.92 Å². The highest BCUT2D eigenvalue weighted by atomic mass is 16.5. The van der Waals surface area contributed by atoms with Gasteiger partial charge in [-0.25, -0.2) is 0 Å². The maximum Gasteiger partial charge on any atom is 0.118 e. The van der Waals surface area contributed by atoms with Gasteiger partial charge in [-0.05, 0) is 43.5 Å². The van der Waals surface area contributed by atoms with Gasteiger partial charge in [-0.15, -0.1) is 0 Å². The van der Waals surface area contributed by atoms with Crippen LogP contribution in [0.15, 0.2) is 24.3 Å². The lowest BCUT2D eigenvalue weighted by molar-refractivity contribution is 0.414. The molecule has 1 N–H and O–H groups in total. The largest absolute Gasteiger partial charge is 0.497 e. The lowest BCUT2D eigenvalue weighted by atomic mass is 10.0. The average Bonchev–Trinajstić information content (AvgIpc) is 2.92. The van der Waals surface area contributed by atoms with Gasteiger partial charge in [0.2, 0.25) is 0 Å². The molecule has 1 aliphatic carbocycles. The van der Waals surface area contributed by atoms with Crippen LogP contribution in [0.2, 0.25) is 0 Å². The van der Waals surface area contributed by atoms with Crippen LogP contribution < -0.4 is 10.1 Å². The number of methoxy groups -OCH3 is 1. The summed E-state index contributed by atoms with van der Waals surface area (Å²) in [5.41, 5.74) is 1.34. The predicted octanol–water partition coefficient (Wildman–Crippen LogP) is 3.93. The molecule has 1 aliphatic rings. The molecule has 0 amide bonds. The van der Waals surface area contributed by atoms with Crippen molar-refractivity contribution >= 4 is 0 Å². The van der Waals surface area contributed by atoms with E-state index in [1.807, 2.05) is 12.1 Å². The third-order valence-electron chi connectivity index (χ3n) is 4.09. The summed E-state index contributed by atoms with van der Waals surface area (Å²) in [5, 5.41) is 3.62. The van der Waals surface area contributed by atoms with Gasteiger partial charge in [0.15, 0.2) is 0 Å². The average molecular weight is 247 g/mol. The molecule has 0 heterocycles. The zero-order valence-corrected chi connectivity index (χ0v) is 11.6. The first-order chi connectivity index (χ1) is 8.79. The molecule has 2 heteroatoms. The summed E-state index contributed by atoms with van der Waals surface area (Å²) in [6, 6.07) is 8.78. The zero-order valence-electron chi connectivity index (χ0n) is 11.6. The van der Waals surface area contributed by atoms with Crippen LogP contribution in [0.3, 0.4) is 0 Å². The summed E-state index contributed by atoms with van der Waals surface area (Å²) in [4.78, 5) is 0. The Hall–Kier alpha value is -1.02. The number of rotatable bonds is 6. The minimum atomic E-state index is 0.428. The van der Waals surface area contributed by atoms with E-state index in [9.17, 15) is 0 Å². The molecule has 100 valence electrons. The van der Waals surface area contributed by atoms with Crippen molar-refractivity contribution in [1.82, 2.24) is 5.32 Å². The fraction of sp³-hybridized carbons (Fsp3) is 0.625. The lowest BCUT2D eigenvalue weighted by Crippen LogP contribution is -2.21. The van der Waals surface area contributed by atoms with Crippen molar-refractivity contribution < 1.29 is 4.74 Å². The normalized spacial score (nSPS) is 17.9. The van der Waals surface area contributed by atoms with Gasteiger partial charge >= 0.3 is 0 Å². The maximum absolute atomic E-state index is 5.18. The van der Waals surface area contributed by atoms with E-state index >= 15 is 0 Å². The molecular weight excluding hydrogens is 222 g/mol. The molecular formula is C16H25NO. The molecule has 1 atom stereocenters. The van der Waals surface area contributed by atoms with E-state index in [1.54, 1.807) is 7.11 Å². The summed E-state index contributed by atoms with van der Waals surface area (Å²) in [7, 11) is 1.71. The van der Waals surface area contributed by atoms with E-state index in [0.29, 0.717) is 6.04 Å². The van der Waals surface area contributed by atoms with Gasteiger partial charge in [0, 0.05) is 6.04 Å². The fourth-order valence-electron chi connectivity index (χ4n) is 2.81. The first-order valence-electron chi connectivity index (χ1n) is 7.17. The van der Waals surface area contributed by atoms with Crippen LogP contribution in [0.1, 0.15) is 50.6 Å². The fourth-order valence-corrected chi connectivity index (χ4v) is 2.81. The Morgan fingerprint density at radius 1 is 1.22 bits per heavy atom. The number of benzene rings is 1. The van der Waals surface area contributed by atoms with Gasteiger partial charge in [0.25, 0.3) is 0 Å². The van der Waals surface area contributed by atoms with Gasteiger partial charge in [0.05, 0.1) is 7.11 Å². The Labute approximate surface area is 111 Å². The van der Waals surface area contributed by atoms with Gasteiger partial charge in [-0.1, -0.05) is 37.8 Å². The van der Waals surface area contributed by atoms with E-state index in [4.69, 9.17) is 4.74 Å². The first-order valence-corrected chi connectivity index (χ1v) is 7.17. The number of ether oxygens (including phenoxy) is 1. The molecule has 2 rings (SSSR count). The second kappa shape index (κ2) is 6.79. The highest BCUT2D eigenvalue weighted by Gasteiger charge is 2.14. The third-order valence-corrected chi connectivity index (χ3v) is 4.09. The number of hydrogen-bond acceptors (Lipinski definition) is 2. The Balaban J connectivity index is 1.74. The molecule has 0 radical (unpaired) electrons. The van der Waals surface area contributed by atoms with E-state index in [1.165, 1.54) is 37.7 Å². The van der Waals surface area contributed by atoms with Crippen molar-refractivity contribution in [2.45, 2.75) is 45.1 Å². The van der Waals surface area contributed by atoms with Gasteiger partial charge in [-0.2, -0.15) is 0 Å². The van der Waals surface area contributed by atoms with Crippen LogP contribution in [-0.4, -0.2) is 13.7 Å². The minimum Gasteiger partial charge on any atom is -0.497 e. The molecule has 18 heavy (non-hydrogen) atoms. The molecule has 0 saturated heterocycles. The summed E-state index contributed by atoms with van der Waals surface area (Å²) in [6.07, 6.45) is 7.11. The summed E-state index contributed by atoms with van der Waals surface area (Å²) >= 11 is 0. The third kappa shape index (κ3) is 3.74. The topological polar surface area (TPSA) is 21.3 Å². The molecule has 0 spiro atoms. The molecule has 0 bridgehead atoms. The standard InChI is InChI=1S/C16H25NO/c1-13(15-7-9-16(18-2)10-8-15)17-12-11-14-5-3-4-6-14/h7-10,13-14,17H,3-6,11-12H2,1-2H3. The Kier molecular flexibility index (Phi) is 5.06. The van der Waals surface area contributed by atoms with Crippen molar-refractivity contribution in [1.29, 1.82) is 0 Å². The highest BCUT2D eigenvalue weighted by Crippen LogP contribution is 2.27. The van der Waals surface area contributed by atoms with Crippen molar-refractivity contribution in [3.8, 4) is 5.75 Å². The monoisotopic (exact) mass is 247 g/mol. The van der Waals surface area contributed by atoms with Crippen molar-refractivity contribution in [3.05, 3.63) is 29.8 Å². The van der Waals surface area contributed by atoms with E-state index < -0.39 is 0 Å².